The fraction of sp³-hybridized carbons (Fsp3) is 0. The normalized spacial score (nSPS) is 12.9. The van der Waals surface area contributed by atoms with E-state index in [1.165, 1.54) is 0 Å². The van der Waals surface area contributed by atoms with Gasteiger partial charge in [0.2, 0.25) is 0 Å². The molecule has 1 aliphatic heterocycles. The molecule has 1 aromatic carbocycles. The Balaban J connectivity index is 2.63. The van der Waals surface area contributed by atoms with Gasteiger partial charge in [0.1, 0.15) is 0 Å². The van der Waals surface area contributed by atoms with Gasteiger partial charge in [0.25, 0.3) is 0 Å². The average Bonchev–Trinajstić information content (AvgIpc) is 2.33. The van der Waals surface area contributed by atoms with E-state index in [-0.39, 0.29) is 0 Å². The molecule has 0 amide bonds. The largest absolute Gasteiger partial charge is 0.224 e. The van der Waals surface area contributed by atoms with Crippen molar-refractivity contribution < 1.29 is 0 Å². The van der Waals surface area contributed by atoms with Crippen LogP contribution in [0.5, 0.6) is 0 Å². The molecule has 1 heterocycles. The van der Waals surface area contributed by atoms with Gasteiger partial charge in [0, 0.05) is 6.07 Å². The Morgan fingerprint density at radius 1 is 1.44 bits per heavy atom. The van der Waals surface area contributed by atoms with Gasteiger partial charge in [0.15, 0.2) is 6.34 Å². The lowest BCUT2D eigenvalue weighted by Gasteiger charge is -1.89. The van der Waals surface area contributed by atoms with Crippen LogP contribution >= 0.6 is 0 Å². The Hall–Kier alpha value is -1.31. The third kappa shape index (κ3) is 0.598. The van der Waals surface area contributed by atoms with Gasteiger partial charge in [-0.2, -0.15) is 0 Å². The van der Waals surface area contributed by atoms with Crippen LogP contribution < -0.4 is 5.32 Å². The van der Waals surface area contributed by atoms with Crippen molar-refractivity contribution in [2.45, 2.75) is 0 Å². The second-order valence-corrected chi connectivity index (χ2v) is 1.73. The zero-order valence-corrected chi connectivity index (χ0v) is 4.63. The van der Waals surface area contributed by atoms with Crippen LogP contribution in [0.4, 0.5) is 11.4 Å². The van der Waals surface area contributed by atoms with E-state index in [1.807, 2.05) is 18.2 Å². The van der Waals surface area contributed by atoms with Crippen LogP contribution in [0, 0.1) is 6.07 Å². The smallest absolute Gasteiger partial charge is 0.199 e. The second-order valence-electron chi connectivity index (χ2n) is 1.73. The van der Waals surface area contributed by atoms with Crippen molar-refractivity contribution in [2.24, 2.45) is 4.99 Å². The first-order valence-corrected chi connectivity index (χ1v) is 2.64. The zero-order chi connectivity index (χ0) is 6.10. The highest BCUT2D eigenvalue weighted by Gasteiger charge is 2.04. The standard InChI is InChI=1S/C7H3N2/c1-2-4-7-6(3-1)8-5-9-7/h1-3H. The molecule has 0 bridgehead atoms. The molecule has 2 heteroatoms. The lowest BCUT2D eigenvalue weighted by atomic mass is 10.3. The first kappa shape index (κ1) is 4.56. The van der Waals surface area contributed by atoms with Crippen molar-refractivity contribution in [3.05, 3.63) is 24.3 Å². The van der Waals surface area contributed by atoms with Crippen LogP contribution in [0.3, 0.4) is 0 Å². The quantitative estimate of drug-likeness (QED) is 0.487. The highest BCUT2D eigenvalue weighted by molar-refractivity contribution is 5.80. The minimum absolute atomic E-state index is 0.789. The Morgan fingerprint density at radius 2 is 2.44 bits per heavy atom. The number of rotatable bonds is 0. The van der Waals surface area contributed by atoms with Crippen molar-refractivity contribution >= 4 is 17.7 Å². The van der Waals surface area contributed by atoms with Crippen molar-refractivity contribution in [2.75, 3.05) is 0 Å². The summed E-state index contributed by atoms with van der Waals surface area (Å²) in [5, 5.41) is 3.85. The summed E-state index contributed by atoms with van der Waals surface area (Å²) < 4.78 is 0. The second kappa shape index (κ2) is 1.58. The number of nitrogens with zero attached hydrogens (tertiary/aromatic N) is 2. The highest BCUT2D eigenvalue weighted by Crippen LogP contribution is 2.25. The lowest BCUT2D eigenvalue weighted by molar-refractivity contribution is 1.35. The summed E-state index contributed by atoms with van der Waals surface area (Å²) in [4.78, 5) is 3.83. The summed E-state index contributed by atoms with van der Waals surface area (Å²) in [6.07, 6.45) is 2.51. The van der Waals surface area contributed by atoms with Crippen LogP contribution in [0.25, 0.3) is 0 Å². The van der Waals surface area contributed by atoms with Gasteiger partial charge in [-0.3, -0.25) is 0 Å². The summed E-state index contributed by atoms with van der Waals surface area (Å²) in [7, 11) is 0. The summed E-state index contributed by atoms with van der Waals surface area (Å²) in [6, 6.07) is 8.50. The Labute approximate surface area is 53.2 Å². The van der Waals surface area contributed by atoms with Gasteiger partial charge in [-0.25, -0.2) is 10.3 Å². The highest BCUT2D eigenvalue weighted by atomic mass is 15.0. The molecule has 0 aromatic heterocycles. The SMILES string of the molecule is [C]1=Nc2[c]cccc2[N]1. The Kier molecular flexibility index (Phi) is 0.803. The number of aliphatic imine (C=N–C) groups is 1. The molecule has 41 valence electrons. The molecule has 1 aliphatic rings. The minimum atomic E-state index is 0.789. The van der Waals surface area contributed by atoms with Gasteiger partial charge in [-0.15, -0.1) is 0 Å². The van der Waals surface area contributed by atoms with E-state index in [0.29, 0.717) is 0 Å². The van der Waals surface area contributed by atoms with E-state index in [9.17, 15) is 0 Å². The van der Waals surface area contributed by atoms with E-state index < -0.39 is 0 Å². The molecule has 1 aromatic rings. The van der Waals surface area contributed by atoms with E-state index in [1.54, 1.807) is 0 Å². The number of benzene rings is 1. The van der Waals surface area contributed by atoms with Gasteiger partial charge in [-0.05, 0) is 6.07 Å². The van der Waals surface area contributed by atoms with Crippen molar-refractivity contribution in [3.63, 3.8) is 0 Å². The molecule has 0 atom stereocenters. The van der Waals surface area contributed by atoms with E-state index >= 15 is 0 Å². The number of hydrogen-bond acceptors (Lipinski definition) is 1. The van der Waals surface area contributed by atoms with Crippen LogP contribution in [0.1, 0.15) is 0 Å². The fourth-order valence-corrected chi connectivity index (χ4v) is 0.728. The van der Waals surface area contributed by atoms with E-state index in [0.717, 1.165) is 11.4 Å². The third-order valence-corrected chi connectivity index (χ3v) is 1.15. The van der Waals surface area contributed by atoms with Crippen molar-refractivity contribution in [1.29, 1.82) is 0 Å². The van der Waals surface area contributed by atoms with E-state index in [2.05, 4.69) is 22.7 Å². The average molecular weight is 115 g/mol. The van der Waals surface area contributed by atoms with Crippen LogP contribution in [-0.2, 0) is 0 Å². The molecule has 3 radical (unpaired) electrons. The molecular weight excluding hydrogens is 112 g/mol. The zero-order valence-electron chi connectivity index (χ0n) is 4.63. The molecule has 9 heavy (non-hydrogen) atoms. The van der Waals surface area contributed by atoms with Gasteiger partial charge in [-0.1, -0.05) is 12.1 Å². The predicted molar refractivity (Wildman–Crippen MR) is 34.2 cm³/mol. The number of para-hydroxylation sites is 1. The molecule has 0 saturated carbocycles. The molecule has 0 saturated heterocycles. The Bertz CT molecular complexity index is 253. The molecule has 0 unspecified atom stereocenters. The molecule has 2 nitrogen and oxygen atoms in total. The number of hydrogen-bond donors (Lipinski definition) is 0. The monoisotopic (exact) mass is 115 g/mol. The lowest BCUT2D eigenvalue weighted by Crippen LogP contribution is -1.83. The third-order valence-electron chi connectivity index (χ3n) is 1.15. The molecule has 0 aliphatic carbocycles. The van der Waals surface area contributed by atoms with Gasteiger partial charge < -0.3 is 0 Å². The first-order valence-electron chi connectivity index (χ1n) is 2.64. The molecule has 0 N–H and O–H groups in total. The summed E-state index contributed by atoms with van der Waals surface area (Å²) in [6.45, 7) is 0. The molecule has 0 fully saturated rings. The van der Waals surface area contributed by atoms with Crippen molar-refractivity contribution in [3.8, 4) is 0 Å². The summed E-state index contributed by atoms with van der Waals surface area (Å²) in [5.41, 5.74) is 1.65. The van der Waals surface area contributed by atoms with Gasteiger partial charge in [0.05, 0.1) is 11.4 Å². The Morgan fingerprint density at radius 3 is 3.33 bits per heavy atom. The molecule has 2 rings (SSSR count). The van der Waals surface area contributed by atoms with Crippen molar-refractivity contribution in [1.82, 2.24) is 5.32 Å². The summed E-state index contributed by atoms with van der Waals surface area (Å²) >= 11 is 0. The maximum atomic E-state index is 3.85. The van der Waals surface area contributed by atoms with Crippen LogP contribution in [0.15, 0.2) is 23.2 Å². The topological polar surface area (TPSA) is 26.5 Å². The predicted octanol–water partition coefficient (Wildman–Crippen LogP) is 1.27. The van der Waals surface area contributed by atoms with E-state index in [4.69, 9.17) is 0 Å². The van der Waals surface area contributed by atoms with Crippen LogP contribution in [0.2, 0.25) is 0 Å². The molecule has 0 spiro atoms. The number of fused-ring (bicyclic) bond motifs is 1. The van der Waals surface area contributed by atoms with Crippen LogP contribution in [-0.4, -0.2) is 6.34 Å². The first-order chi connectivity index (χ1) is 4.47. The van der Waals surface area contributed by atoms with Gasteiger partial charge >= 0.3 is 0 Å². The fourth-order valence-electron chi connectivity index (χ4n) is 0.728. The minimum Gasteiger partial charge on any atom is -0.224 e. The molecular formula is C7H3N2. The maximum absolute atomic E-state index is 3.85. The summed E-state index contributed by atoms with van der Waals surface area (Å²) in [5.74, 6) is 0. The maximum Gasteiger partial charge on any atom is 0.199 e.